The first-order chi connectivity index (χ1) is 15.0. The molecule has 2 aromatic carbocycles. The van der Waals surface area contributed by atoms with E-state index in [9.17, 15) is 9.59 Å². The summed E-state index contributed by atoms with van der Waals surface area (Å²) >= 11 is 0. The molecule has 3 aromatic rings. The van der Waals surface area contributed by atoms with Gasteiger partial charge < -0.3 is 9.72 Å². The Morgan fingerprint density at radius 1 is 1.13 bits per heavy atom. The van der Waals surface area contributed by atoms with Crippen LogP contribution in [-0.2, 0) is 16.0 Å². The van der Waals surface area contributed by atoms with Crippen molar-refractivity contribution in [3.05, 3.63) is 76.4 Å². The molecular weight excluding hydrogens is 392 g/mol. The van der Waals surface area contributed by atoms with Gasteiger partial charge in [-0.05, 0) is 55.7 Å². The van der Waals surface area contributed by atoms with Gasteiger partial charge in [-0.2, -0.15) is 10.2 Å². The van der Waals surface area contributed by atoms with Gasteiger partial charge in [0.2, 0.25) is 0 Å². The number of aromatic nitrogens is 2. The molecule has 2 aliphatic heterocycles. The van der Waals surface area contributed by atoms with Crippen molar-refractivity contribution in [2.24, 2.45) is 10.2 Å². The van der Waals surface area contributed by atoms with E-state index < -0.39 is 0 Å². The van der Waals surface area contributed by atoms with Crippen LogP contribution in [0.5, 0.6) is 0 Å². The summed E-state index contributed by atoms with van der Waals surface area (Å²) in [6, 6.07) is 13.1. The standard InChI is InChI=1S/C24H24N4O3/c1-15(2)24(30)31-14-17-5-3-4-6-22-25-21-13-19(11-12-20(21)23(29)26-22)28-27-18-9-7-16(17)8-10-18/h7-13,17H,1,3-6,14H2,2H3,(H,25,26,29)/b28-27-. The van der Waals surface area contributed by atoms with E-state index in [2.05, 4.69) is 26.8 Å². The number of hydrogen-bond donors (Lipinski definition) is 1. The fourth-order valence-electron chi connectivity index (χ4n) is 3.61. The number of rotatable bonds is 3. The summed E-state index contributed by atoms with van der Waals surface area (Å²) in [6.07, 6.45) is 3.26. The summed E-state index contributed by atoms with van der Waals surface area (Å²) in [5, 5.41) is 9.13. The molecule has 0 aliphatic carbocycles. The van der Waals surface area contributed by atoms with Crippen molar-refractivity contribution in [3.8, 4) is 0 Å². The number of fused-ring (bicyclic) bond motifs is 6. The number of carbonyl (C=O) groups excluding carboxylic acids is 1. The lowest BCUT2D eigenvalue weighted by molar-refractivity contribution is -0.139. The molecule has 1 atom stereocenters. The number of aryl methyl sites for hydroxylation is 1. The van der Waals surface area contributed by atoms with Crippen molar-refractivity contribution in [2.45, 2.75) is 38.5 Å². The number of hydrogen-bond acceptors (Lipinski definition) is 6. The minimum atomic E-state index is -0.381. The summed E-state index contributed by atoms with van der Waals surface area (Å²) in [4.78, 5) is 31.7. The zero-order valence-electron chi connectivity index (χ0n) is 17.4. The molecule has 31 heavy (non-hydrogen) atoms. The van der Waals surface area contributed by atoms with Gasteiger partial charge in [0, 0.05) is 17.9 Å². The number of H-pyrrole nitrogens is 1. The Balaban J connectivity index is 1.65. The Kier molecular flexibility index (Phi) is 6.02. The molecule has 0 saturated heterocycles. The molecule has 0 saturated carbocycles. The molecular formula is C24H24N4O3. The normalized spacial score (nSPS) is 17.1. The number of azo groups is 1. The number of benzene rings is 2. The van der Waals surface area contributed by atoms with Crippen LogP contribution in [0.1, 0.15) is 43.5 Å². The maximum absolute atomic E-state index is 12.4. The van der Waals surface area contributed by atoms with Gasteiger partial charge in [0.05, 0.1) is 28.9 Å². The SMILES string of the molecule is C=C(C)C(=O)OCC1CCCCc2nc3cc(ccc3c(=O)[nH]2)/N=N\c2ccc1cc2. The topological polar surface area (TPSA) is 96.8 Å². The van der Waals surface area contributed by atoms with Crippen LogP contribution >= 0.6 is 0 Å². The van der Waals surface area contributed by atoms with Gasteiger partial charge in [-0.3, -0.25) is 4.79 Å². The molecule has 2 aliphatic rings. The first kappa shape index (κ1) is 20.7. The van der Waals surface area contributed by atoms with Gasteiger partial charge >= 0.3 is 5.97 Å². The lowest BCUT2D eigenvalue weighted by Gasteiger charge is -2.18. The zero-order valence-corrected chi connectivity index (χ0v) is 17.4. The largest absolute Gasteiger partial charge is 0.462 e. The predicted molar refractivity (Wildman–Crippen MR) is 119 cm³/mol. The Morgan fingerprint density at radius 3 is 2.65 bits per heavy atom. The highest BCUT2D eigenvalue weighted by atomic mass is 16.5. The smallest absolute Gasteiger partial charge is 0.333 e. The number of esters is 1. The lowest BCUT2D eigenvalue weighted by atomic mass is 9.93. The molecule has 0 amide bonds. The molecule has 158 valence electrons. The van der Waals surface area contributed by atoms with E-state index in [1.807, 2.05) is 24.3 Å². The lowest BCUT2D eigenvalue weighted by Crippen LogP contribution is -2.14. The van der Waals surface area contributed by atoms with Crippen LogP contribution in [-0.4, -0.2) is 22.5 Å². The summed E-state index contributed by atoms with van der Waals surface area (Å²) < 4.78 is 5.43. The molecule has 1 N–H and O–H groups in total. The Morgan fingerprint density at radius 2 is 1.87 bits per heavy atom. The third kappa shape index (κ3) is 4.94. The van der Waals surface area contributed by atoms with Gasteiger partial charge in [0.15, 0.2) is 0 Å². The first-order valence-electron chi connectivity index (χ1n) is 10.4. The molecule has 3 heterocycles. The number of carbonyl (C=O) groups is 1. The van der Waals surface area contributed by atoms with E-state index in [1.165, 1.54) is 0 Å². The maximum atomic E-state index is 12.4. The number of aromatic amines is 1. The van der Waals surface area contributed by atoms with Crippen LogP contribution in [0, 0.1) is 0 Å². The Hall–Kier alpha value is -3.61. The second-order valence-electron chi connectivity index (χ2n) is 7.83. The summed E-state index contributed by atoms with van der Waals surface area (Å²) in [6.45, 7) is 5.57. The average Bonchev–Trinajstić information content (AvgIpc) is 2.76. The number of nitrogens with one attached hydrogen (secondary N) is 1. The predicted octanol–water partition coefficient (Wildman–Crippen LogP) is 5.27. The summed E-state index contributed by atoms with van der Waals surface area (Å²) in [5.41, 5.74) is 3.28. The van der Waals surface area contributed by atoms with Gasteiger partial charge in [-0.1, -0.05) is 25.1 Å². The molecule has 0 radical (unpaired) electrons. The van der Waals surface area contributed by atoms with E-state index in [0.29, 0.717) is 40.1 Å². The molecule has 0 fully saturated rings. The van der Waals surface area contributed by atoms with Gasteiger partial charge in [-0.25, -0.2) is 9.78 Å². The number of ether oxygens (including phenoxy) is 1. The average molecular weight is 416 g/mol. The van der Waals surface area contributed by atoms with Gasteiger partial charge in [0.25, 0.3) is 5.56 Å². The minimum Gasteiger partial charge on any atom is -0.462 e. The fourth-order valence-corrected chi connectivity index (χ4v) is 3.61. The van der Waals surface area contributed by atoms with Crippen molar-refractivity contribution in [1.29, 1.82) is 0 Å². The zero-order chi connectivity index (χ0) is 21.8. The second-order valence-corrected chi connectivity index (χ2v) is 7.83. The fraction of sp³-hybridized carbons (Fsp3) is 0.292. The van der Waals surface area contributed by atoms with Crippen LogP contribution in [0.2, 0.25) is 0 Å². The summed E-state index contributed by atoms with van der Waals surface area (Å²) in [7, 11) is 0. The molecule has 1 aromatic heterocycles. The van der Waals surface area contributed by atoms with E-state index >= 15 is 0 Å². The molecule has 0 spiro atoms. The van der Waals surface area contributed by atoms with Crippen molar-refractivity contribution < 1.29 is 9.53 Å². The monoisotopic (exact) mass is 416 g/mol. The Bertz CT molecular complexity index is 1210. The molecule has 5 rings (SSSR count). The van der Waals surface area contributed by atoms with E-state index in [1.54, 1.807) is 25.1 Å². The molecule has 7 heteroatoms. The van der Waals surface area contributed by atoms with Gasteiger partial charge in [-0.15, -0.1) is 0 Å². The molecule has 5 bridgehead atoms. The van der Waals surface area contributed by atoms with E-state index in [0.717, 1.165) is 24.8 Å². The Labute approximate surface area is 179 Å². The van der Waals surface area contributed by atoms with Crippen LogP contribution < -0.4 is 5.56 Å². The van der Waals surface area contributed by atoms with E-state index in [4.69, 9.17) is 4.74 Å². The maximum Gasteiger partial charge on any atom is 0.333 e. The van der Waals surface area contributed by atoms with Gasteiger partial charge in [0.1, 0.15) is 5.82 Å². The minimum absolute atomic E-state index is 0.0596. The third-order valence-corrected chi connectivity index (χ3v) is 5.36. The van der Waals surface area contributed by atoms with Crippen LogP contribution in [0.15, 0.2) is 69.6 Å². The number of nitrogens with zero attached hydrogens (tertiary/aromatic N) is 3. The quantitative estimate of drug-likeness (QED) is 0.465. The third-order valence-electron chi connectivity index (χ3n) is 5.36. The highest BCUT2D eigenvalue weighted by Gasteiger charge is 2.15. The first-order valence-corrected chi connectivity index (χ1v) is 10.4. The van der Waals surface area contributed by atoms with Crippen LogP contribution in [0.4, 0.5) is 11.4 Å². The van der Waals surface area contributed by atoms with Crippen LogP contribution in [0.25, 0.3) is 10.9 Å². The molecule has 1 unspecified atom stereocenters. The van der Waals surface area contributed by atoms with Crippen molar-refractivity contribution in [1.82, 2.24) is 9.97 Å². The molecule has 7 nitrogen and oxygen atoms in total. The summed E-state index contributed by atoms with van der Waals surface area (Å²) in [5.74, 6) is 0.338. The highest BCUT2D eigenvalue weighted by molar-refractivity contribution is 5.87. The van der Waals surface area contributed by atoms with Crippen molar-refractivity contribution >= 4 is 28.2 Å². The van der Waals surface area contributed by atoms with Crippen LogP contribution in [0.3, 0.4) is 0 Å². The second kappa shape index (κ2) is 9.04. The highest BCUT2D eigenvalue weighted by Crippen LogP contribution is 2.27. The van der Waals surface area contributed by atoms with Crippen molar-refractivity contribution in [3.63, 3.8) is 0 Å². The van der Waals surface area contributed by atoms with E-state index in [-0.39, 0.29) is 24.1 Å². The van der Waals surface area contributed by atoms with Crippen molar-refractivity contribution in [2.75, 3.05) is 6.61 Å².